The summed E-state index contributed by atoms with van der Waals surface area (Å²) in [7, 11) is 1.44. The molecule has 19 heavy (non-hydrogen) atoms. The van der Waals surface area contributed by atoms with Crippen LogP contribution in [0.15, 0.2) is 24.3 Å². The molecule has 1 unspecified atom stereocenters. The first-order valence-electron chi connectivity index (χ1n) is 6.08. The number of hydrogen-bond acceptors (Lipinski definition) is 4. The molecule has 0 heterocycles. The molecule has 0 aliphatic carbocycles. The second-order valence-electron chi connectivity index (χ2n) is 3.98. The van der Waals surface area contributed by atoms with Gasteiger partial charge in [0.25, 0.3) is 0 Å². The van der Waals surface area contributed by atoms with Crippen LogP contribution in [0.5, 0.6) is 5.75 Å². The van der Waals surface area contributed by atoms with E-state index in [1.54, 1.807) is 38.1 Å². The number of carbonyl (C=O) groups excluding carboxylic acids is 1. The number of benzene rings is 1. The molecule has 0 aliphatic rings. The number of carbonyl (C=O) groups is 2. The summed E-state index contributed by atoms with van der Waals surface area (Å²) >= 11 is 0. The zero-order valence-corrected chi connectivity index (χ0v) is 11.3. The van der Waals surface area contributed by atoms with Gasteiger partial charge in [-0.05, 0) is 19.4 Å². The molecule has 5 heteroatoms. The third-order valence-electron chi connectivity index (χ3n) is 3.09. The molecule has 0 fully saturated rings. The number of hydrogen-bond donors (Lipinski definition) is 1. The minimum Gasteiger partial charge on any atom is -0.496 e. The van der Waals surface area contributed by atoms with Gasteiger partial charge in [-0.25, -0.2) is 0 Å². The van der Waals surface area contributed by atoms with Gasteiger partial charge in [0.2, 0.25) is 0 Å². The highest BCUT2D eigenvalue weighted by atomic mass is 16.5. The van der Waals surface area contributed by atoms with Gasteiger partial charge in [0, 0.05) is 5.56 Å². The van der Waals surface area contributed by atoms with Gasteiger partial charge in [-0.3, -0.25) is 9.59 Å². The van der Waals surface area contributed by atoms with Crippen LogP contribution in [0.1, 0.15) is 25.8 Å². The summed E-state index contributed by atoms with van der Waals surface area (Å²) in [6.07, 6.45) is 0.0849. The van der Waals surface area contributed by atoms with E-state index in [9.17, 15) is 14.7 Å². The van der Waals surface area contributed by atoms with Gasteiger partial charge in [-0.1, -0.05) is 25.1 Å². The van der Waals surface area contributed by atoms with Crippen molar-refractivity contribution >= 4 is 11.9 Å². The monoisotopic (exact) mass is 266 g/mol. The van der Waals surface area contributed by atoms with Crippen LogP contribution < -0.4 is 4.74 Å². The standard InChI is InChI=1S/C14H18O5/c1-4-14(12(15)16,13(17)19-5-2)10-8-6-7-9-11(10)18-3/h6-9H,4-5H2,1-3H3,(H,15,16). The highest BCUT2D eigenvalue weighted by Crippen LogP contribution is 2.36. The fourth-order valence-corrected chi connectivity index (χ4v) is 2.05. The van der Waals surface area contributed by atoms with Crippen molar-refractivity contribution in [3.8, 4) is 5.75 Å². The van der Waals surface area contributed by atoms with Crippen LogP contribution in [0.25, 0.3) is 0 Å². The van der Waals surface area contributed by atoms with Crippen LogP contribution in [0.2, 0.25) is 0 Å². The van der Waals surface area contributed by atoms with Gasteiger partial charge in [0.05, 0.1) is 13.7 Å². The minimum absolute atomic E-state index is 0.0849. The number of rotatable bonds is 6. The van der Waals surface area contributed by atoms with Crippen molar-refractivity contribution in [2.24, 2.45) is 0 Å². The Bertz CT molecular complexity index is 469. The SMILES string of the molecule is CCOC(=O)C(CC)(C(=O)O)c1ccccc1OC. The number of methoxy groups -OCH3 is 1. The van der Waals surface area contributed by atoms with Crippen molar-refractivity contribution in [2.75, 3.05) is 13.7 Å². The third-order valence-corrected chi connectivity index (χ3v) is 3.09. The molecule has 1 aromatic carbocycles. The number of ether oxygens (including phenoxy) is 2. The van der Waals surface area contributed by atoms with Crippen LogP contribution in [-0.2, 0) is 19.7 Å². The van der Waals surface area contributed by atoms with Gasteiger partial charge in [-0.2, -0.15) is 0 Å². The van der Waals surface area contributed by atoms with Gasteiger partial charge >= 0.3 is 11.9 Å². The molecule has 1 N–H and O–H groups in total. The molecular weight excluding hydrogens is 248 g/mol. The lowest BCUT2D eigenvalue weighted by molar-refractivity contribution is -0.161. The molecule has 1 rings (SSSR count). The van der Waals surface area contributed by atoms with Crippen molar-refractivity contribution in [2.45, 2.75) is 25.7 Å². The Hall–Kier alpha value is -2.04. The lowest BCUT2D eigenvalue weighted by atomic mass is 9.77. The van der Waals surface area contributed by atoms with Crippen LogP contribution in [-0.4, -0.2) is 30.8 Å². The summed E-state index contributed by atoms with van der Waals surface area (Å²) in [4.78, 5) is 23.8. The highest BCUT2D eigenvalue weighted by molar-refractivity contribution is 6.06. The Morgan fingerprint density at radius 3 is 2.37 bits per heavy atom. The first kappa shape index (κ1) is 15.0. The molecule has 0 radical (unpaired) electrons. The molecule has 0 spiro atoms. The summed E-state index contributed by atoms with van der Waals surface area (Å²) in [6.45, 7) is 3.41. The van der Waals surface area contributed by atoms with E-state index in [1.807, 2.05) is 0 Å². The average molecular weight is 266 g/mol. The van der Waals surface area contributed by atoms with Crippen molar-refractivity contribution in [3.63, 3.8) is 0 Å². The van der Waals surface area contributed by atoms with E-state index in [0.717, 1.165) is 0 Å². The zero-order chi connectivity index (χ0) is 14.5. The molecular formula is C14H18O5. The Labute approximate surface area is 112 Å². The minimum atomic E-state index is -1.73. The topological polar surface area (TPSA) is 72.8 Å². The Kier molecular flexibility index (Phi) is 4.92. The first-order valence-corrected chi connectivity index (χ1v) is 6.08. The van der Waals surface area contributed by atoms with E-state index in [1.165, 1.54) is 7.11 Å². The molecule has 0 amide bonds. The molecule has 0 bridgehead atoms. The maximum Gasteiger partial charge on any atom is 0.328 e. The summed E-state index contributed by atoms with van der Waals surface area (Å²) in [5.74, 6) is -1.65. The third kappa shape index (κ3) is 2.54. The van der Waals surface area contributed by atoms with E-state index < -0.39 is 17.4 Å². The maximum absolute atomic E-state index is 12.1. The van der Waals surface area contributed by atoms with Crippen molar-refractivity contribution in [3.05, 3.63) is 29.8 Å². The van der Waals surface area contributed by atoms with E-state index in [2.05, 4.69) is 0 Å². The smallest absolute Gasteiger partial charge is 0.328 e. The number of aliphatic carboxylic acids is 1. The molecule has 104 valence electrons. The molecule has 0 aromatic heterocycles. The number of carboxylic acid groups (broad SMARTS) is 1. The highest BCUT2D eigenvalue weighted by Gasteiger charge is 2.49. The molecule has 0 saturated carbocycles. The molecule has 1 aromatic rings. The number of para-hydroxylation sites is 1. The summed E-state index contributed by atoms with van der Waals surface area (Å²) in [5.41, 5.74) is -1.42. The number of carboxylic acids is 1. The zero-order valence-electron chi connectivity index (χ0n) is 11.3. The van der Waals surface area contributed by atoms with Gasteiger partial charge < -0.3 is 14.6 Å². The Morgan fingerprint density at radius 1 is 1.26 bits per heavy atom. The van der Waals surface area contributed by atoms with E-state index in [-0.39, 0.29) is 13.0 Å². The van der Waals surface area contributed by atoms with E-state index >= 15 is 0 Å². The van der Waals surface area contributed by atoms with E-state index in [0.29, 0.717) is 11.3 Å². The summed E-state index contributed by atoms with van der Waals surface area (Å²) < 4.78 is 10.1. The first-order chi connectivity index (χ1) is 9.04. The number of esters is 1. The molecule has 0 saturated heterocycles. The Morgan fingerprint density at radius 2 is 1.89 bits per heavy atom. The predicted molar refractivity (Wildman–Crippen MR) is 69.2 cm³/mol. The van der Waals surface area contributed by atoms with Crippen molar-refractivity contribution in [1.29, 1.82) is 0 Å². The summed E-state index contributed by atoms with van der Waals surface area (Å²) in [6, 6.07) is 6.59. The van der Waals surface area contributed by atoms with Crippen LogP contribution in [0.4, 0.5) is 0 Å². The second kappa shape index (κ2) is 6.22. The predicted octanol–water partition coefficient (Wildman–Crippen LogP) is 1.99. The lowest BCUT2D eigenvalue weighted by Crippen LogP contribution is -2.44. The van der Waals surface area contributed by atoms with Crippen molar-refractivity contribution < 1.29 is 24.2 Å². The fourth-order valence-electron chi connectivity index (χ4n) is 2.05. The van der Waals surface area contributed by atoms with Crippen molar-refractivity contribution in [1.82, 2.24) is 0 Å². The Balaban J connectivity index is 3.46. The van der Waals surface area contributed by atoms with Gasteiger partial charge in [-0.15, -0.1) is 0 Å². The van der Waals surface area contributed by atoms with Gasteiger partial charge in [0.15, 0.2) is 5.41 Å². The average Bonchev–Trinajstić information content (AvgIpc) is 2.40. The van der Waals surface area contributed by atoms with Crippen LogP contribution >= 0.6 is 0 Å². The summed E-state index contributed by atoms with van der Waals surface area (Å²) in [5, 5.41) is 9.54. The normalized spacial score (nSPS) is 13.4. The molecule has 5 nitrogen and oxygen atoms in total. The van der Waals surface area contributed by atoms with E-state index in [4.69, 9.17) is 9.47 Å². The van der Waals surface area contributed by atoms with Gasteiger partial charge in [0.1, 0.15) is 5.75 Å². The fraction of sp³-hybridized carbons (Fsp3) is 0.429. The quantitative estimate of drug-likeness (QED) is 0.629. The second-order valence-corrected chi connectivity index (χ2v) is 3.98. The molecule has 1 atom stereocenters. The molecule has 0 aliphatic heterocycles. The van der Waals surface area contributed by atoms with Crippen LogP contribution in [0, 0.1) is 0 Å². The lowest BCUT2D eigenvalue weighted by Gasteiger charge is -2.27. The largest absolute Gasteiger partial charge is 0.496 e. The van der Waals surface area contributed by atoms with Crippen LogP contribution in [0.3, 0.4) is 0 Å². The maximum atomic E-state index is 12.1.